The van der Waals surface area contributed by atoms with Gasteiger partial charge in [0.25, 0.3) is 5.91 Å². The number of amides is 5. The lowest BCUT2D eigenvalue weighted by atomic mass is 10.1. The first-order valence-corrected chi connectivity index (χ1v) is 17.9. The minimum Gasteiger partial charge on any atom is -0.444 e. The maximum atomic E-state index is 14.3. The number of carbonyl (C=O) groups excluding carboxylic acids is 4. The van der Waals surface area contributed by atoms with Crippen molar-refractivity contribution in [1.29, 1.82) is 0 Å². The molecule has 3 saturated carbocycles. The third-order valence-corrected chi connectivity index (χ3v) is 11.9. The minimum atomic E-state index is -3.85. The number of sulfonamides is 1. The Morgan fingerprint density at radius 1 is 1.04 bits per heavy atom. The number of fused-ring (bicyclic) bond motifs is 3. The number of hydrogen-bond donors (Lipinski definition) is 2. The van der Waals surface area contributed by atoms with Gasteiger partial charge in [0.05, 0.1) is 18.3 Å². The SMILES string of the molecule is O=C1N[C@]2(C(=O)NS(=O)(=O)C3CC3)C[C@H]2/C=C\CCCCCN(C2CC2)C(=O)N2CC(OC(=O)N3Cc4cccc(F)c4C3)C[C@@H]12. The number of rotatable bonds is 5. The van der Waals surface area contributed by atoms with Crippen molar-refractivity contribution >= 4 is 34.0 Å². The largest absolute Gasteiger partial charge is 0.444 e. The average molecular weight is 658 g/mol. The second-order valence-electron chi connectivity index (χ2n) is 13.6. The van der Waals surface area contributed by atoms with Crippen LogP contribution in [0.25, 0.3) is 0 Å². The molecule has 46 heavy (non-hydrogen) atoms. The summed E-state index contributed by atoms with van der Waals surface area (Å²) < 4.78 is 47.7. The van der Waals surface area contributed by atoms with E-state index in [1.54, 1.807) is 12.1 Å². The predicted octanol–water partition coefficient (Wildman–Crippen LogP) is 2.92. The summed E-state index contributed by atoms with van der Waals surface area (Å²) in [6.45, 7) is 0.788. The van der Waals surface area contributed by atoms with Crippen molar-refractivity contribution in [1.82, 2.24) is 24.7 Å². The second kappa shape index (κ2) is 11.8. The van der Waals surface area contributed by atoms with Gasteiger partial charge >= 0.3 is 12.1 Å². The van der Waals surface area contributed by atoms with E-state index in [0.29, 0.717) is 30.5 Å². The van der Waals surface area contributed by atoms with E-state index in [-0.39, 0.29) is 44.5 Å². The Hall–Kier alpha value is -3.68. The molecule has 0 radical (unpaired) electrons. The molecule has 248 valence electrons. The third-order valence-electron chi connectivity index (χ3n) is 10.1. The van der Waals surface area contributed by atoms with Crippen LogP contribution in [-0.4, -0.2) is 89.1 Å². The van der Waals surface area contributed by atoms with Gasteiger partial charge in [-0.25, -0.2) is 22.4 Å². The number of urea groups is 1. The summed E-state index contributed by atoms with van der Waals surface area (Å²) in [4.78, 5) is 59.4. The Bertz CT molecular complexity index is 1580. The number of ether oxygens (including phenoxy) is 1. The van der Waals surface area contributed by atoms with Crippen LogP contribution in [0.3, 0.4) is 0 Å². The molecule has 0 aromatic heterocycles. The van der Waals surface area contributed by atoms with Gasteiger partial charge < -0.3 is 19.9 Å². The maximum Gasteiger partial charge on any atom is 0.410 e. The van der Waals surface area contributed by atoms with Crippen molar-refractivity contribution in [2.24, 2.45) is 5.92 Å². The van der Waals surface area contributed by atoms with Crippen molar-refractivity contribution in [2.75, 3.05) is 13.1 Å². The fourth-order valence-corrected chi connectivity index (χ4v) is 8.37. The molecule has 12 nitrogen and oxygen atoms in total. The van der Waals surface area contributed by atoms with Gasteiger partial charge in [-0.15, -0.1) is 0 Å². The van der Waals surface area contributed by atoms with Gasteiger partial charge in [0.1, 0.15) is 23.5 Å². The van der Waals surface area contributed by atoms with Crippen LogP contribution in [0.4, 0.5) is 14.0 Å². The van der Waals surface area contributed by atoms with Crippen LogP contribution in [0.2, 0.25) is 0 Å². The summed E-state index contributed by atoms with van der Waals surface area (Å²) >= 11 is 0. The lowest BCUT2D eigenvalue weighted by molar-refractivity contribution is -0.131. The average Bonchev–Trinajstić information content (AvgIpc) is 3.95. The first-order valence-electron chi connectivity index (χ1n) is 16.4. The van der Waals surface area contributed by atoms with Crippen LogP contribution in [0, 0.1) is 11.7 Å². The lowest BCUT2D eigenvalue weighted by Gasteiger charge is -2.32. The molecule has 5 amide bonds. The summed E-state index contributed by atoms with van der Waals surface area (Å²) in [5.41, 5.74) is -0.319. The number of hydrogen-bond acceptors (Lipinski definition) is 7. The van der Waals surface area contributed by atoms with E-state index in [0.717, 1.165) is 38.5 Å². The number of carbonyl (C=O) groups is 4. The maximum absolute atomic E-state index is 14.3. The molecule has 3 aliphatic carbocycles. The van der Waals surface area contributed by atoms with Crippen LogP contribution in [0.15, 0.2) is 30.4 Å². The summed E-state index contributed by atoms with van der Waals surface area (Å²) in [5.74, 6) is -2.15. The van der Waals surface area contributed by atoms with Crippen LogP contribution >= 0.6 is 0 Å². The van der Waals surface area contributed by atoms with Crippen LogP contribution in [0.1, 0.15) is 75.3 Å². The summed E-state index contributed by atoms with van der Waals surface area (Å²) in [5, 5.41) is 2.24. The van der Waals surface area contributed by atoms with Crippen LogP contribution in [-0.2, 0) is 37.4 Å². The molecule has 0 spiro atoms. The minimum absolute atomic E-state index is 0.00947. The molecule has 0 bridgehead atoms. The highest BCUT2D eigenvalue weighted by atomic mass is 32.2. The van der Waals surface area contributed by atoms with E-state index in [1.807, 2.05) is 17.1 Å². The Morgan fingerprint density at radius 2 is 1.85 bits per heavy atom. The number of nitrogens with one attached hydrogen (secondary N) is 2. The van der Waals surface area contributed by atoms with E-state index < -0.39 is 62.6 Å². The summed E-state index contributed by atoms with van der Waals surface area (Å²) in [6, 6.07) is 3.43. The molecule has 4 fully saturated rings. The molecule has 1 aromatic carbocycles. The van der Waals surface area contributed by atoms with E-state index in [9.17, 15) is 32.0 Å². The molecule has 1 aromatic rings. The first-order chi connectivity index (χ1) is 22.1. The molecule has 6 aliphatic rings. The molecule has 4 atom stereocenters. The van der Waals surface area contributed by atoms with E-state index in [2.05, 4.69) is 10.0 Å². The molecular formula is C32H40FN5O7S. The number of allylic oxidation sites excluding steroid dienone is 1. The summed E-state index contributed by atoms with van der Waals surface area (Å²) in [6.07, 6.45) is 8.73. The number of nitrogens with zero attached hydrogens (tertiary/aromatic N) is 3. The van der Waals surface area contributed by atoms with Crippen LogP contribution < -0.4 is 10.0 Å². The highest BCUT2D eigenvalue weighted by Gasteiger charge is 2.62. The fraction of sp³-hybridized carbons (Fsp3) is 0.625. The Balaban J connectivity index is 1.12. The van der Waals surface area contributed by atoms with E-state index >= 15 is 0 Å². The molecule has 14 heteroatoms. The second-order valence-corrected chi connectivity index (χ2v) is 15.5. The monoisotopic (exact) mass is 657 g/mol. The zero-order valence-electron chi connectivity index (χ0n) is 25.7. The molecule has 7 rings (SSSR count). The van der Waals surface area contributed by atoms with Gasteiger partial charge in [-0.3, -0.25) is 19.2 Å². The Kier molecular flexibility index (Phi) is 7.97. The smallest absolute Gasteiger partial charge is 0.410 e. The van der Waals surface area contributed by atoms with E-state index in [1.165, 1.54) is 15.9 Å². The highest BCUT2D eigenvalue weighted by Crippen LogP contribution is 2.46. The standard InChI is InChI=1S/C32H40FN5O7S/c33-26-9-6-7-20-17-36(19-25(20)26)31(42)45-23-15-27-28(39)34-32(29(40)35-46(43,44)24-12-13-24)16-21(32)8-4-2-1-3-5-14-37(22-10-11-22)30(41)38(27)18-23/h4,6-9,21-24,27H,1-3,5,10-19H2,(H,34,39)(H,35,40)/b8-4-/t21-,23?,27+,32-/m1/s1. The van der Waals surface area contributed by atoms with E-state index in [4.69, 9.17) is 4.74 Å². The molecular weight excluding hydrogens is 617 g/mol. The molecule has 3 aliphatic heterocycles. The normalized spacial score (nSPS) is 30.7. The van der Waals surface area contributed by atoms with Crippen molar-refractivity contribution in [2.45, 2.75) is 106 Å². The lowest BCUT2D eigenvalue weighted by Crippen LogP contribution is -2.57. The Morgan fingerprint density at radius 3 is 2.59 bits per heavy atom. The number of benzene rings is 1. The van der Waals surface area contributed by atoms with Gasteiger partial charge in [0.15, 0.2) is 0 Å². The van der Waals surface area contributed by atoms with Gasteiger partial charge in [-0.1, -0.05) is 30.7 Å². The zero-order valence-corrected chi connectivity index (χ0v) is 26.5. The predicted molar refractivity (Wildman–Crippen MR) is 163 cm³/mol. The van der Waals surface area contributed by atoms with Gasteiger partial charge in [-0.05, 0) is 63.0 Å². The summed E-state index contributed by atoms with van der Waals surface area (Å²) in [7, 11) is -3.85. The molecule has 1 unspecified atom stereocenters. The quantitative estimate of drug-likeness (QED) is 0.464. The first kappa shape index (κ1) is 30.9. The molecule has 1 saturated heterocycles. The number of halogens is 1. The van der Waals surface area contributed by atoms with Crippen molar-refractivity contribution < 1.29 is 36.7 Å². The Labute approximate surface area is 267 Å². The van der Waals surface area contributed by atoms with Gasteiger partial charge in [0, 0.05) is 37.0 Å². The molecule has 2 N–H and O–H groups in total. The van der Waals surface area contributed by atoms with Crippen molar-refractivity contribution in [3.05, 3.63) is 47.3 Å². The highest BCUT2D eigenvalue weighted by molar-refractivity contribution is 7.91. The van der Waals surface area contributed by atoms with Crippen LogP contribution in [0.5, 0.6) is 0 Å². The third kappa shape index (κ3) is 6.07. The van der Waals surface area contributed by atoms with Crippen molar-refractivity contribution in [3.8, 4) is 0 Å². The topological polar surface area (TPSA) is 145 Å². The van der Waals surface area contributed by atoms with Crippen molar-refractivity contribution in [3.63, 3.8) is 0 Å². The van der Waals surface area contributed by atoms with Gasteiger partial charge in [-0.2, -0.15) is 0 Å². The molecule has 3 heterocycles. The van der Waals surface area contributed by atoms with Gasteiger partial charge in [0.2, 0.25) is 15.9 Å². The zero-order chi connectivity index (χ0) is 32.2. The fourth-order valence-electron chi connectivity index (χ4n) is 7.00.